The third-order valence-electron chi connectivity index (χ3n) is 4.89. The molecule has 0 radical (unpaired) electrons. The molecule has 28 heavy (non-hydrogen) atoms. The van der Waals surface area contributed by atoms with E-state index in [1.807, 2.05) is 25.1 Å². The van der Waals surface area contributed by atoms with Gasteiger partial charge in [-0.05, 0) is 60.6 Å². The number of carbonyl (C=O) groups excluding carboxylic acids is 1. The summed E-state index contributed by atoms with van der Waals surface area (Å²) in [7, 11) is 3.24. The summed E-state index contributed by atoms with van der Waals surface area (Å²) in [6, 6.07) is 7.42. The molecule has 2 rings (SSSR count). The number of ether oxygens (including phenoxy) is 2. The fourth-order valence-electron chi connectivity index (χ4n) is 3.28. The van der Waals surface area contributed by atoms with Crippen LogP contribution in [-0.4, -0.2) is 44.8 Å². The van der Waals surface area contributed by atoms with E-state index in [1.54, 1.807) is 25.6 Å². The van der Waals surface area contributed by atoms with Gasteiger partial charge in [0.15, 0.2) is 0 Å². The predicted octanol–water partition coefficient (Wildman–Crippen LogP) is 4.21. The number of hydrogen-bond acceptors (Lipinski definition) is 5. The van der Waals surface area contributed by atoms with Crippen molar-refractivity contribution in [1.29, 1.82) is 0 Å². The molecule has 0 aliphatic carbocycles. The van der Waals surface area contributed by atoms with E-state index in [-0.39, 0.29) is 18.1 Å². The van der Waals surface area contributed by atoms with E-state index < -0.39 is 0 Å². The number of rotatable bonds is 10. The first-order valence-electron chi connectivity index (χ1n) is 9.56. The molecule has 2 aromatic rings. The van der Waals surface area contributed by atoms with Crippen LogP contribution in [0.1, 0.15) is 44.0 Å². The van der Waals surface area contributed by atoms with Gasteiger partial charge in [-0.3, -0.25) is 4.90 Å². The smallest absolute Gasteiger partial charge is 0.315 e. The lowest BCUT2D eigenvalue weighted by Crippen LogP contribution is -2.42. The van der Waals surface area contributed by atoms with Gasteiger partial charge < -0.3 is 20.1 Å². The minimum Gasteiger partial charge on any atom is -0.497 e. The van der Waals surface area contributed by atoms with E-state index in [2.05, 4.69) is 46.2 Å². The van der Waals surface area contributed by atoms with Gasteiger partial charge in [0.2, 0.25) is 0 Å². The summed E-state index contributed by atoms with van der Waals surface area (Å²) in [5.41, 5.74) is 2.10. The van der Waals surface area contributed by atoms with Crippen molar-refractivity contribution < 1.29 is 14.3 Å². The highest BCUT2D eigenvalue weighted by Gasteiger charge is 2.20. The molecule has 7 heteroatoms. The first-order chi connectivity index (χ1) is 13.5. The van der Waals surface area contributed by atoms with Gasteiger partial charge in [0.25, 0.3) is 0 Å². The first kappa shape index (κ1) is 22.0. The topological polar surface area (TPSA) is 62.8 Å². The van der Waals surface area contributed by atoms with Crippen LogP contribution in [0.25, 0.3) is 0 Å². The third kappa shape index (κ3) is 5.62. The number of urea groups is 1. The number of amides is 2. The number of nitrogens with one attached hydrogen (secondary N) is 2. The van der Waals surface area contributed by atoms with Gasteiger partial charge in [0.1, 0.15) is 11.5 Å². The van der Waals surface area contributed by atoms with Gasteiger partial charge in [0.05, 0.1) is 26.3 Å². The first-order valence-corrected chi connectivity index (χ1v) is 10.5. The highest BCUT2D eigenvalue weighted by molar-refractivity contribution is 7.07. The quantitative estimate of drug-likeness (QED) is 0.622. The maximum absolute atomic E-state index is 12.5. The van der Waals surface area contributed by atoms with Gasteiger partial charge in [-0.1, -0.05) is 13.8 Å². The monoisotopic (exact) mass is 405 g/mol. The van der Waals surface area contributed by atoms with E-state index >= 15 is 0 Å². The molecule has 2 amide bonds. The Bertz CT molecular complexity index is 733. The lowest BCUT2D eigenvalue weighted by molar-refractivity contribution is 0.205. The zero-order chi connectivity index (χ0) is 20.5. The molecule has 0 saturated carbocycles. The van der Waals surface area contributed by atoms with Crippen LogP contribution < -0.4 is 20.1 Å². The highest BCUT2D eigenvalue weighted by atomic mass is 32.1. The van der Waals surface area contributed by atoms with Crippen molar-refractivity contribution in [2.24, 2.45) is 0 Å². The molecule has 2 N–H and O–H groups in total. The van der Waals surface area contributed by atoms with Crippen LogP contribution in [-0.2, 0) is 0 Å². The number of benzene rings is 1. The molecule has 0 spiro atoms. The molecule has 2 unspecified atom stereocenters. The second kappa shape index (κ2) is 10.9. The fourth-order valence-corrected chi connectivity index (χ4v) is 3.99. The van der Waals surface area contributed by atoms with Crippen molar-refractivity contribution in [3.63, 3.8) is 0 Å². The van der Waals surface area contributed by atoms with Crippen LogP contribution in [0.3, 0.4) is 0 Å². The number of carbonyl (C=O) groups is 1. The van der Waals surface area contributed by atoms with Crippen LogP contribution in [0, 0.1) is 0 Å². The van der Waals surface area contributed by atoms with Crippen LogP contribution in [0.4, 0.5) is 4.79 Å². The molecule has 1 aromatic heterocycles. The molecular weight excluding hydrogens is 374 g/mol. The molecule has 0 bridgehead atoms. The van der Waals surface area contributed by atoms with Crippen molar-refractivity contribution in [3.8, 4) is 11.5 Å². The molecule has 2 atom stereocenters. The minimum absolute atomic E-state index is 0.161. The Morgan fingerprint density at radius 1 is 1.18 bits per heavy atom. The van der Waals surface area contributed by atoms with Gasteiger partial charge in [0, 0.05) is 12.1 Å². The Hall–Kier alpha value is -2.25. The second-order valence-electron chi connectivity index (χ2n) is 6.48. The summed E-state index contributed by atoms with van der Waals surface area (Å²) in [6.07, 6.45) is 0. The van der Waals surface area contributed by atoms with Crippen molar-refractivity contribution in [2.75, 3.05) is 33.9 Å². The molecule has 154 valence electrons. The summed E-state index contributed by atoms with van der Waals surface area (Å²) in [5, 5.41) is 10.2. The lowest BCUT2D eigenvalue weighted by atomic mass is 10.1. The van der Waals surface area contributed by atoms with E-state index in [1.165, 1.54) is 5.56 Å². The van der Waals surface area contributed by atoms with Crippen molar-refractivity contribution in [3.05, 3.63) is 46.2 Å². The molecule has 1 aromatic carbocycles. The summed E-state index contributed by atoms with van der Waals surface area (Å²) < 4.78 is 10.7. The molecule has 6 nitrogen and oxygen atoms in total. The average molecular weight is 406 g/mol. The molecule has 1 heterocycles. The number of likely N-dealkylation sites (N-methyl/N-ethyl adjacent to an activating group) is 1. The van der Waals surface area contributed by atoms with Crippen LogP contribution in [0.15, 0.2) is 35.0 Å². The minimum atomic E-state index is -0.224. The summed E-state index contributed by atoms with van der Waals surface area (Å²) in [4.78, 5) is 14.9. The van der Waals surface area contributed by atoms with E-state index in [9.17, 15) is 4.79 Å². The summed E-state index contributed by atoms with van der Waals surface area (Å²) in [5.74, 6) is 1.44. The largest absolute Gasteiger partial charge is 0.497 e. The zero-order valence-electron chi connectivity index (χ0n) is 17.3. The van der Waals surface area contributed by atoms with Gasteiger partial charge in [-0.25, -0.2) is 4.79 Å². The van der Waals surface area contributed by atoms with E-state index in [4.69, 9.17) is 9.47 Å². The second-order valence-corrected chi connectivity index (χ2v) is 7.26. The Morgan fingerprint density at radius 2 is 1.93 bits per heavy atom. The highest BCUT2D eigenvalue weighted by Crippen LogP contribution is 2.29. The molecular formula is C21H31N3O3S. The van der Waals surface area contributed by atoms with Crippen molar-refractivity contribution in [2.45, 2.75) is 32.9 Å². The molecule has 0 aliphatic heterocycles. The maximum Gasteiger partial charge on any atom is 0.315 e. The SMILES string of the molecule is CCN(CC)C(CNC(=O)NC(C)c1cc(OC)ccc1OC)c1ccsc1. The zero-order valence-corrected chi connectivity index (χ0v) is 18.1. The third-order valence-corrected chi connectivity index (χ3v) is 5.59. The normalized spacial score (nSPS) is 13.1. The van der Waals surface area contributed by atoms with Gasteiger partial charge in [-0.15, -0.1) is 0 Å². The van der Waals surface area contributed by atoms with Crippen molar-refractivity contribution >= 4 is 17.4 Å². The molecule has 0 fully saturated rings. The maximum atomic E-state index is 12.5. The van der Waals surface area contributed by atoms with E-state index in [0.717, 1.165) is 24.4 Å². The fraction of sp³-hybridized carbons (Fsp3) is 0.476. The number of hydrogen-bond donors (Lipinski definition) is 2. The predicted molar refractivity (Wildman–Crippen MR) is 114 cm³/mol. The average Bonchev–Trinajstić information content (AvgIpc) is 3.24. The summed E-state index contributed by atoms with van der Waals surface area (Å²) >= 11 is 1.68. The van der Waals surface area contributed by atoms with Gasteiger partial charge >= 0.3 is 6.03 Å². The Morgan fingerprint density at radius 3 is 2.50 bits per heavy atom. The number of thiophene rings is 1. The lowest BCUT2D eigenvalue weighted by Gasteiger charge is -2.29. The number of nitrogens with zero attached hydrogens (tertiary/aromatic N) is 1. The Kier molecular flexibility index (Phi) is 8.60. The van der Waals surface area contributed by atoms with Crippen molar-refractivity contribution in [1.82, 2.24) is 15.5 Å². The Labute approximate surface area is 171 Å². The van der Waals surface area contributed by atoms with Gasteiger partial charge in [-0.2, -0.15) is 11.3 Å². The van der Waals surface area contributed by atoms with Crippen LogP contribution in [0.5, 0.6) is 11.5 Å². The molecule has 0 saturated heterocycles. The van der Waals surface area contributed by atoms with Crippen LogP contribution in [0.2, 0.25) is 0 Å². The van der Waals surface area contributed by atoms with E-state index in [0.29, 0.717) is 12.3 Å². The standard InChI is InChI=1S/C21H31N3O3S/c1-6-24(7-2)19(16-10-11-28-14-16)13-22-21(25)23-15(3)18-12-17(26-4)8-9-20(18)27-5/h8-12,14-15,19H,6-7,13H2,1-5H3,(H2,22,23,25). The Balaban J connectivity index is 2.02. The summed E-state index contributed by atoms with van der Waals surface area (Å²) in [6.45, 7) is 8.61. The number of methoxy groups -OCH3 is 2. The molecule has 0 aliphatic rings. The van der Waals surface area contributed by atoms with Crippen LogP contribution >= 0.6 is 11.3 Å².